The summed E-state index contributed by atoms with van der Waals surface area (Å²) in [6.45, 7) is 3.12. The number of nitrogens with one attached hydrogen (secondary N) is 1. The number of anilines is 2. The van der Waals surface area contributed by atoms with Gasteiger partial charge >= 0.3 is 0 Å². The number of fused-ring (bicyclic) bond motifs is 2. The summed E-state index contributed by atoms with van der Waals surface area (Å²) in [4.78, 5) is 4.76. The van der Waals surface area contributed by atoms with E-state index < -0.39 is 0 Å². The molecule has 4 heteroatoms. The monoisotopic (exact) mass is 314 g/mol. The normalized spacial score (nSPS) is 14.2. The van der Waals surface area contributed by atoms with Crippen molar-refractivity contribution >= 4 is 23.1 Å². The highest BCUT2D eigenvalue weighted by atomic mass is 32.2. The second-order valence-corrected chi connectivity index (χ2v) is 6.85. The minimum absolute atomic E-state index is 0.204. The van der Waals surface area contributed by atoms with Crippen molar-refractivity contribution in [2.75, 3.05) is 25.5 Å². The van der Waals surface area contributed by atoms with E-state index in [4.69, 9.17) is 5.11 Å². The fourth-order valence-electron chi connectivity index (χ4n) is 2.74. The Morgan fingerprint density at radius 3 is 2.73 bits per heavy atom. The molecule has 0 bridgehead atoms. The number of benzene rings is 2. The van der Waals surface area contributed by atoms with Crippen molar-refractivity contribution in [2.45, 2.75) is 29.2 Å². The molecular weight excluding hydrogens is 292 g/mol. The molecule has 3 rings (SSSR count). The van der Waals surface area contributed by atoms with Crippen molar-refractivity contribution in [3.8, 4) is 0 Å². The summed E-state index contributed by atoms with van der Waals surface area (Å²) in [5.74, 6) is 0. The van der Waals surface area contributed by atoms with E-state index in [1.165, 1.54) is 26.7 Å². The van der Waals surface area contributed by atoms with Crippen molar-refractivity contribution < 1.29 is 5.11 Å². The van der Waals surface area contributed by atoms with Crippen LogP contribution in [0, 0.1) is 0 Å². The molecule has 0 saturated heterocycles. The van der Waals surface area contributed by atoms with E-state index >= 15 is 0 Å². The molecule has 0 radical (unpaired) electrons. The lowest BCUT2D eigenvalue weighted by Gasteiger charge is -2.27. The first kappa shape index (κ1) is 15.4. The van der Waals surface area contributed by atoms with Crippen LogP contribution in [0.3, 0.4) is 0 Å². The third-order valence-electron chi connectivity index (χ3n) is 4.20. The predicted molar refractivity (Wildman–Crippen MR) is 93.2 cm³/mol. The Hall–Kier alpha value is -1.49. The molecule has 0 aromatic heterocycles. The zero-order valence-electron chi connectivity index (χ0n) is 13.0. The lowest BCUT2D eigenvalue weighted by Crippen LogP contribution is -2.33. The van der Waals surface area contributed by atoms with Gasteiger partial charge in [-0.15, -0.1) is 0 Å². The molecule has 0 spiro atoms. The smallest absolute Gasteiger partial charge is 0.0559 e. The molecule has 116 valence electrons. The zero-order chi connectivity index (χ0) is 15.5. The lowest BCUT2D eigenvalue weighted by molar-refractivity contribution is 0.187. The molecular formula is C18H22N2OS. The third kappa shape index (κ3) is 3.14. The second-order valence-electron chi connectivity index (χ2n) is 5.77. The van der Waals surface area contributed by atoms with Gasteiger partial charge in [-0.3, -0.25) is 0 Å². The number of rotatable bonds is 5. The van der Waals surface area contributed by atoms with Crippen LogP contribution < -0.4 is 5.32 Å². The first-order valence-corrected chi connectivity index (χ1v) is 8.47. The van der Waals surface area contributed by atoms with Gasteiger partial charge in [0.2, 0.25) is 0 Å². The summed E-state index contributed by atoms with van der Waals surface area (Å²) in [7, 11) is 2.06. The van der Waals surface area contributed by atoms with Gasteiger partial charge in [-0.2, -0.15) is 0 Å². The van der Waals surface area contributed by atoms with E-state index in [1.54, 1.807) is 0 Å². The Morgan fingerprint density at radius 2 is 1.91 bits per heavy atom. The number of aliphatic hydroxyl groups excluding tert-OH is 1. The number of para-hydroxylation sites is 2. The maximum Gasteiger partial charge on any atom is 0.0559 e. The fraction of sp³-hybridized carbons (Fsp3) is 0.333. The summed E-state index contributed by atoms with van der Waals surface area (Å²) in [6, 6.07) is 15.3. The highest BCUT2D eigenvalue weighted by molar-refractivity contribution is 7.99. The number of nitrogens with zero attached hydrogens (tertiary/aromatic N) is 1. The number of aliphatic hydroxyl groups is 1. The quantitative estimate of drug-likeness (QED) is 0.752. The van der Waals surface area contributed by atoms with E-state index in [9.17, 15) is 0 Å². The summed E-state index contributed by atoms with van der Waals surface area (Å²) < 4.78 is 0. The van der Waals surface area contributed by atoms with Gasteiger partial charge in [-0.1, -0.05) is 36.0 Å². The van der Waals surface area contributed by atoms with Crippen LogP contribution in [-0.4, -0.2) is 36.2 Å². The Balaban J connectivity index is 1.84. The van der Waals surface area contributed by atoms with Crippen LogP contribution in [0.5, 0.6) is 0 Å². The standard InChI is InChI=1S/C18H22N2OS/c1-13(20(2)10-11-21)12-14-6-5-9-17-18(14)19-15-7-3-4-8-16(15)22-17/h3-9,13,19,21H,10-12H2,1-2H3/t13-/m1/s1. The molecule has 0 unspecified atom stereocenters. The predicted octanol–water partition coefficient (Wildman–Crippen LogP) is 3.75. The highest BCUT2D eigenvalue weighted by Gasteiger charge is 2.19. The molecule has 2 aromatic carbocycles. The molecule has 2 N–H and O–H groups in total. The molecule has 1 aliphatic rings. The number of hydrogen-bond donors (Lipinski definition) is 2. The van der Waals surface area contributed by atoms with Crippen molar-refractivity contribution in [1.82, 2.24) is 4.90 Å². The largest absolute Gasteiger partial charge is 0.395 e. The van der Waals surface area contributed by atoms with E-state index in [0.29, 0.717) is 12.6 Å². The van der Waals surface area contributed by atoms with Crippen LogP contribution in [0.1, 0.15) is 12.5 Å². The molecule has 1 heterocycles. The highest BCUT2D eigenvalue weighted by Crippen LogP contribution is 2.45. The summed E-state index contributed by atoms with van der Waals surface area (Å²) in [5, 5.41) is 12.7. The van der Waals surface area contributed by atoms with Crippen molar-refractivity contribution in [1.29, 1.82) is 0 Å². The van der Waals surface area contributed by atoms with Crippen LogP contribution in [0.2, 0.25) is 0 Å². The summed E-state index contributed by atoms with van der Waals surface area (Å²) in [6.07, 6.45) is 0.968. The molecule has 1 aliphatic heterocycles. The van der Waals surface area contributed by atoms with Crippen LogP contribution in [-0.2, 0) is 6.42 Å². The van der Waals surface area contributed by atoms with Crippen molar-refractivity contribution in [3.63, 3.8) is 0 Å². The first-order chi connectivity index (χ1) is 10.7. The summed E-state index contributed by atoms with van der Waals surface area (Å²) >= 11 is 1.83. The molecule has 0 amide bonds. The molecule has 1 atom stereocenters. The molecule has 0 saturated carbocycles. The Bertz CT molecular complexity index is 659. The van der Waals surface area contributed by atoms with Crippen LogP contribution in [0.25, 0.3) is 0 Å². The third-order valence-corrected chi connectivity index (χ3v) is 5.34. The van der Waals surface area contributed by atoms with Gasteiger partial charge in [0, 0.05) is 22.4 Å². The molecule has 0 aliphatic carbocycles. The average Bonchev–Trinajstić information content (AvgIpc) is 2.53. The first-order valence-electron chi connectivity index (χ1n) is 7.66. The minimum atomic E-state index is 0.204. The minimum Gasteiger partial charge on any atom is -0.395 e. The Morgan fingerprint density at radius 1 is 1.14 bits per heavy atom. The van der Waals surface area contributed by atoms with Crippen LogP contribution in [0.15, 0.2) is 52.3 Å². The maximum absolute atomic E-state index is 9.10. The van der Waals surface area contributed by atoms with E-state index in [0.717, 1.165) is 6.42 Å². The number of likely N-dealkylation sites (N-methyl/N-ethyl adjacent to an activating group) is 1. The zero-order valence-corrected chi connectivity index (χ0v) is 13.9. The Kier molecular flexibility index (Phi) is 4.71. The van der Waals surface area contributed by atoms with E-state index in [-0.39, 0.29) is 6.61 Å². The summed E-state index contributed by atoms with van der Waals surface area (Å²) in [5.41, 5.74) is 3.75. The van der Waals surface area contributed by atoms with Crippen LogP contribution in [0.4, 0.5) is 11.4 Å². The van der Waals surface area contributed by atoms with Gasteiger partial charge in [0.05, 0.1) is 18.0 Å². The van der Waals surface area contributed by atoms with Gasteiger partial charge in [0.1, 0.15) is 0 Å². The van der Waals surface area contributed by atoms with Gasteiger partial charge in [0.25, 0.3) is 0 Å². The second kappa shape index (κ2) is 6.73. The van der Waals surface area contributed by atoms with Gasteiger partial charge in [-0.25, -0.2) is 0 Å². The maximum atomic E-state index is 9.10. The molecule has 3 nitrogen and oxygen atoms in total. The molecule has 2 aromatic rings. The van der Waals surface area contributed by atoms with Gasteiger partial charge < -0.3 is 15.3 Å². The Labute approximate surface area is 136 Å². The molecule has 22 heavy (non-hydrogen) atoms. The van der Waals surface area contributed by atoms with Crippen LogP contribution >= 0.6 is 11.8 Å². The lowest BCUT2D eigenvalue weighted by atomic mass is 10.0. The van der Waals surface area contributed by atoms with Gasteiger partial charge in [0.15, 0.2) is 0 Å². The SMILES string of the molecule is C[C@H](Cc1cccc2c1Nc1ccccc1S2)N(C)CCO. The number of hydrogen-bond acceptors (Lipinski definition) is 4. The van der Waals surface area contributed by atoms with Crippen molar-refractivity contribution in [3.05, 3.63) is 48.0 Å². The topological polar surface area (TPSA) is 35.5 Å². The van der Waals surface area contributed by atoms with Crippen molar-refractivity contribution in [2.24, 2.45) is 0 Å². The molecule has 0 fully saturated rings. The van der Waals surface area contributed by atoms with E-state index in [2.05, 4.69) is 66.7 Å². The fourth-order valence-corrected chi connectivity index (χ4v) is 3.78. The van der Waals surface area contributed by atoms with Gasteiger partial charge in [-0.05, 0) is 44.2 Å². The van der Waals surface area contributed by atoms with E-state index in [1.807, 2.05) is 11.8 Å². The average molecular weight is 314 g/mol.